The molecule has 1 nitrogen and oxygen atoms in total. The first-order valence-corrected chi connectivity index (χ1v) is 4.04. The fraction of sp³-hybridized carbons (Fsp3) is 0.333. The summed E-state index contributed by atoms with van der Waals surface area (Å²) in [5, 5.41) is 0.634. The van der Waals surface area contributed by atoms with E-state index in [1.807, 2.05) is 18.2 Å². The number of benzene rings is 1. The summed E-state index contributed by atoms with van der Waals surface area (Å²) in [5.41, 5.74) is 7.52. The summed E-state index contributed by atoms with van der Waals surface area (Å²) in [6, 6.07) is 5.77. The zero-order valence-electron chi connectivity index (χ0n) is 6.76. The molecule has 0 saturated carbocycles. The molecule has 11 heavy (non-hydrogen) atoms. The SMILES string of the molecule is CC(C)c1ccc(Cl)c(N)c1. The second-order valence-electron chi connectivity index (χ2n) is 2.94. The van der Waals surface area contributed by atoms with Gasteiger partial charge in [0.25, 0.3) is 0 Å². The van der Waals surface area contributed by atoms with E-state index in [0.717, 1.165) is 0 Å². The van der Waals surface area contributed by atoms with Gasteiger partial charge >= 0.3 is 0 Å². The predicted molar refractivity (Wildman–Crippen MR) is 50.0 cm³/mol. The number of halogens is 1. The Balaban J connectivity index is 3.05. The van der Waals surface area contributed by atoms with Crippen LogP contribution in [0, 0.1) is 0 Å². The zero-order chi connectivity index (χ0) is 8.43. The summed E-state index contributed by atoms with van der Waals surface area (Å²) in [6.07, 6.45) is 0. The van der Waals surface area contributed by atoms with Gasteiger partial charge in [0, 0.05) is 0 Å². The normalized spacial score (nSPS) is 10.5. The molecule has 1 aromatic rings. The summed E-state index contributed by atoms with van der Waals surface area (Å²) in [6.45, 7) is 4.26. The number of hydrogen-bond acceptors (Lipinski definition) is 1. The lowest BCUT2D eigenvalue weighted by Gasteiger charge is -2.06. The van der Waals surface area contributed by atoms with Gasteiger partial charge in [-0.15, -0.1) is 0 Å². The van der Waals surface area contributed by atoms with Gasteiger partial charge in [-0.25, -0.2) is 0 Å². The van der Waals surface area contributed by atoms with E-state index in [1.54, 1.807) is 0 Å². The summed E-state index contributed by atoms with van der Waals surface area (Å²) in [7, 11) is 0. The zero-order valence-corrected chi connectivity index (χ0v) is 7.52. The van der Waals surface area contributed by atoms with Crippen LogP contribution in [0.2, 0.25) is 5.02 Å². The van der Waals surface area contributed by atoms with Crippen LogP contribution in [0.15, 0.2) is 18.2 Å². The van der Waals surface area contributed by atoms with Crippen LogP contribution in [0.25, 0.3) is 0 Å². The topological polar surface area (TPSA) is 26.0 Å². The minimum atomic E-state index is 0.509. The molecule has 0 amide bonds. The van der Waals surface area contributed by atoms with Crippen molar-refractivity contribution in [3.05, 3.63) is 28.8 Å². The molecule has 2 heteroatoms. The molecular formula is C9H12ClN. The fourth-order valence-corrected chi connectivity index (χ4v) is 1.04. The molecule has 1 aromatic carbocycles. The van der Waals surface area contributed by atoms with Crippen molar-refractivity contribution in [3.8, 4) is 0 Å². The second-order valence-corrected chi connectivity index (χ2v) is 3.34. The van der Waals surface area contributed by atoms with E-state index in [2.05, 4.69) is 13.8 Å². The molecule has 60 valence electrons. The molecule has 0 aromatic heterocycles. The molecule has 0 aliphatic heterocycles. The first-order chi connectivity index (χ1) is 5.11. The molecule has 0 aliphatic carbocycles. The molecule has 0 saturated heterocycles. The van der Waals surface area contributed by atoms with Gasteiger partial charge in [-0.1, -0.05) is 31.5 Å². The second kappa shape index (κ2) is 3.14. The van der Waals surface area contributed by atoms with Crippen molar-refractivity contribution in [2.75, 3.05) is 5.73 Å². The van der Waals surface area contributed by atoms with Gasteiger partial charge in [0.15, 0.2) is 0 Å². The van der Waals surface area contributed by atoms with E-state index in [-0.39, 0.29) is 0 Å². The minimum absolute atomic E-state index is 0.509. The molecule has 0 aliphatic rings. The molecule has 0 radical (unpaired) electrons. The van der Waals surface area contributed by atoms with Crippen molar-refractivity contribution >= 4 is 17.3 Å². The first-order valence-electron chi connectivity index (χ1n) is 3.66. The molecular weight excluding hydrogens is 158 g/mol. The van der Waals surface area contributed by atoms with Gasteiger partial charge in [-0.2, -0.15) is 0 Å². The van der Waals surface area contributed by atoms with E-state index in [4.69, 9.17) is 17.3 Å². The molecule has 0 spiro atoms. The molecule has 2 N–H and O–H groups in total. The van der Waals surface area contributed by atoms with Crippen LogP contribution in [0.4, 0.5) is 5.69 Å². The van der Waals surface area contributed by atoms with Crippen molar-refractivity contribution in [2.45, 2.75) is 19.8 Å². The highest BCUT2D eigenvalue weighted by atomic mass is 35.5. The molecule has 0 unspecified atom stereocenters. The number of anilines is 1. The van der Waals surface area contributed by atoms with Crippen LogP contribution in [0.5, 0.6) is 0 Å². The maximum Gasteiger partial charge on any atom is 0.0635 e. The molecule has 0 atom stereocenters. The third-order valence-corrected chi connectivity index (χ3v) is 2.03. The Labute approximate surface area is 72.2 Å². The van der Waals surface area contributed by atoms with Crippen LogP contribution in [-0.4, -0.2) is 0 Å². The Morgan fingerprint density at radius 3 is 2.45 bits per heavy atom. The van der Waals surface area contributed by atoms with Gasteiger partial charge in [0.2, 0.25) is 0 Å². The van der Waals surface area contributed by atoms with Gasteiger partial charge in [0.05, 0.1) is 10.7 Å². The van der Waals surface area contributed by atoms with Gasteiger partial charge in [0.1, 0.15) is 0 Å². The van der Waals surface area contributed by atoms with Crippen LogP contribution >= 0.6 is 11.6 Å². The van der Waals surface area contributed by atoms with E-state index in [9.17, 15) is 0 Å². The van der Waals surface area contributed by atoms with Crippen molar-refractivity contribution < 1.29 is 0 Å². The Morgan fingerprint density at radius 1 is 1.36 bits per heavy atom. The highest BCUT2D eigenvalue weighted by Crippen LogP contribution is 2.23. The molecule has 0 fully saturated rings. The van der Waals surface area contributed by atoms with Crippen molar-refractivity contribution in [3.63, 3.8) is 0 Å². The lowest BCUT2D eigenvalue weighted by molar-refractivity contribution is 0.867. The summed E-state index contributed by atoms with van der Waals surface area (Å²) >= 11 is 5.76. The summed E-state index contributed by atoms with van der Waals surface area (Å²) in [4.78, 5) is 0. The highest BCUT2D eigenvalue weighted by molar-refractivity contribution is 6.33. The number of rotatable bonds is 1. The molecule has 0 heterocycles. The van der Waals surface area contributed by atoms with Crippen molar-refractivity contribution in [1.82, 2.24) is 0 Å². The first kappa shape index (κ1) is 8.41. The smallest absolute Gasteiger partial charge is 0.0635 e. The van der Waals surface area contributed by atoms with E-state index in [1.165, 1.54) is 5.56 Å². The highest BCUT2D eigenvalue weighted by Gasteiger charge is 2.00. The van der Waals surface area contributed by atoms with Gasteiger partial charge in [-0.05, 0) is 23.6 Å². The van der Waals surface area contributed by atoms with Crippen LogP contribution < -0.4 is 5.73 Å². The Kier molecular flexibility index (Phi) is 2.40. The lowest BCUT2D eigenvalue weighted by Crippen LogP contribution is -1.91. The van der Waals surface area contributed by atoms with E-state index >= 15 is 0 Å². The average Bonchev–Trinajstić information content (AvgIpc) is 1.94. The third kappa shape index (κ3) is 1.87. The monoisotopic (exact) mass is 169 g/mol. The van der Waals surface area contributed by atoms with Gasteiger partial charge < -0.3 is 5.73 Å². The molecule has 1 rings (SSSR count). The van der Waals surface area contributed by atoms with Crippen LogP contribution in [0.3, 0.4) is 0 Å². The molecule has 0 bridgehead atoms. The van der Waals surface area contributed by atoms with E-state index < -0.39 is 0 Å². The van der Waals surface area contributed by atoms with Crippen molar-refractivity contribution in [1.29, 1.82) is 0 Å². The summed E-state index contributed by atoms with van der Waals surface area (Å²) < 4.78 is 0. The van der Waals surface area contributed by atoms with Crippen molar-refractivity contribution in [2.24, 2.45) is 0 Å². The standard InChI is InChI=1S/C9H12ClN/c1-6(2)7-3-4-8(10)9(11)5-7/h3-6H,11H2,1-2H3. The lowest BCUT2D eigenvalue weighted by atomic mass is 10.0. The maximum absolute atomic E-state index is 5.76. The predicted octanol–water partition coefficient (Wildman–Crippen LogP) is 3.05. The largest absolute Gasteiger partial charge is 0.398 e. The average molecular weight is 170 g/mol. The quantitative estimate of drug-likeness (QED) is 0.643. The van der Waals surface area contributed by atoms with E-state index in [0.29, 0.717) is 16.6 Å². The Morgan fingerprint density at radius 2 is 2.00 bits per heavy atom. The number of nitrogens with two attached hydrogens (primary N) is 1. The summed E-state index contributed by atoms with van der Waals surface area (Å²) in [5.74, 6) is 0.509. The Hall–Kier alpha value is -0.690. The minimum Gasteiger partial charge on any atom is -0.398 e. The van der Waals surface area contributed by atoms with Gasteiger partial charge in [-0.3, -0.25) is 0 Å². The number of hydrogen-bond donors (Lipinski definition) is 1. The third-order valence-electron chi connectivity index (χ3n) is 1.69. The maximum atomic E-state index is 5.76. The fourth-order valence-electron chi connectivity index (χ4n) is 0.921. The Bertz CT molecular complexity index is 256. The van der Waals surface area contributed by atoms with Crippen LogP contribution in [0.1, 0.15) is 25.3 Å². The number of nitrogen functional groups attached to an aromatic ring is 1. The van der Waals surface area contributed by atoms with Crippen LogP contribution in [-0.2, 0) is 0 Å².